The van der Waals surface area contributed by atoms with E-state index in [4.69, 9.17) is 0 Å². The van der Waals surface area contributed by atoms with Gasteiger partial charge in [0.25, 0.3) is 11.8 Å². The summed E-state index contributed by atoms with van der Waals surface area (Å²) in [5.41, 5.74) is -0.434. The van der Waals surface area contributed by atoms with Crippen molar-refractivity contribution in [1.29, 1.82) is 0 Å². The van der Waals surface area contributed by atoms with Crippen molar-refractivity contribution in [1.82, 2.24) is 25.3 Å². The van der Waals surface area contributed by atoms with Crippen LogP contribution in [0.4, 0.5) is 0 Å². The fourth-order valence-electron chi connectivity index (χ4n) is 4.21. The number of carbonyl (C=O) groups excluding carboxylic acids is 3. The summed E-state index contributed by atoms with van der Waals surface area (Å²) < 4.78 is 1.53. The molecule has 0 bridgehead atoms. The van der Waals surface area contributed by atoms with E-state index < -0.39 is 5.54 Å². The first-order valence-corrected chi connectivity index (χ1v) is 10.9. The number of hydrogen-bond acceptors (Lipinski definition) is 4. The van der Waals surface area contributed by atoms with Crippen LogP contribution in [0.15, 0.2) is 6.07 Å². The SMILES string of the molecule is CCCCNC(=O)c1cc2n(n1)CC(C)(C(=O)NC1CCCC1)N(CCC)C2=O. The summed E-state index contributed by atoms with van der Waals surface area (Å²) in [6, 6.07) is 1.72. The number of aromatic nitrogens is 2. The van der Waals surface area contributed by atoms with Crippen LogP contribution >= 0.6 is 0 Å². The van der Waals surface area contributed by atoms with Crippen LogP contribution in [0.3, 0.4) is 0 Å². The Morgan fingerprint density at radius 3 is 2.62 bits per heavy atom. The maximum absolute atomic E-state index is 13.2. The Hall–Kier alpha value is -2.38. The average molecular weight is 404 g/mol. The van der Waals surface area contributed by atoms with Crippen molar-refractivity contribution in [2.75, 3.05) is 13.1 Å². The summed E-state index contributed by atoms with van der Waals surface area (Å²) in [5.74, 6) is -0.670. The molecule has 8 heteroatoms. The lowest BCUT2D eigenvalue weighted by Crippen LogP contribution is -2.65. The van der Waals surface area contributed by atoms with Crippen molar-refractivity contribution in [2.45, 2.75) is 83.8 Å². The van der Waals surface area contributed by atoms with E-state index in [1.54, 1.807) is 17.9 Å². The van der Waals surface area contributed by atoms with Crippen LogP contribution in [0, 0.1) is 0 Å². The van der Waals surface area contributed by atoms with Gasteiger partial charge in [0, 0.05) is 25.2 Å². The molecule has 2 aliphatic rings. The van der Waals surface area contributed by atoms with Crippen LogP contribution in [-0.4, -0.2) is 57.1 Å². The molecule has 0 aromatic carbocycles. The normalized spacial score (nSPS) is 21.9. The summed E-state index contributed by atoms with van der Waals surface area (Å²) in [6.45, 7) is 7.15. The minimum absolute atomic E-state index is 0.138. The lowest BCUT2D eigenvalue weighted by atomic mass is 9.94. The number of amides is 3. The van der Waals surface area contributed by atoms with Gasteiger partial charge in [0.15, 0.2) is 5.69 Å². The Morgan fingerprint density at radius 1 is 1.24 bits per heavy atom. The molecule has 2 heterocycles. The zero-order valence-corrected chi connectivity index (χ0v) is 17.8. The molecule has 1 aromatic rings. The number of nitrogens with one attached hydrogen (secondary N) is 2. The summed E-state index contributed by atoms with van der Waals surface area (Å²) in [7, 11) is 0. The maximum Gasteiger partial charge on any atom is 0.273 e. The van der Waals surface area contributed by atoms with Gasteiger partial charge in [-0.05, 0) is 32.6 Å². The van der Waals surface area contributed by atoms with E-state index in [1.165, 1.54) is 4.68 Å². The first kappa shape index (κ1) is 21.3. The molecule has 1 unspecified atom stereocenters. The first-order chi connectivity index (χ1) is 13.9. The van der Waals surface area contributed by atoms with E-state index in [0.717, 1.165) is 44.9 Å². The molecule has 2 N–H and O–H groups in total. The van der Waals surface area contributed by atoms with Gasteiger partial charge in [-0.1, -0.05) is 33.1 Å². The Bertz CT molecular complexity index is 768. The lowest BCUT2D eigenvalue weighted by molar-refractivity contribution is -0.133. The van der Waals surface area contributed by atoms with Crippen molar-refractivity contribution < 1.29 is 14.4 Å². The first-order valence-electron chi connectivity index (χ1n) is 10.9. The number of hydrogen-bond donors (Lipinski definition) is 2. The third kappa shape index (κ3) is 4.31. The van der Waals surface area contributed by atoms with E-state index in [-0.39, 0.29) is 36.0 Å². The second kappa shape index (κ2) is 8.97. The van der Waals surface area contributed by atoms with Crippen molar-refractivity contribution in [3.63, 3.8) is 0 Å². The van der Waals surface area contributed by atoms with Gasteiger partial charge in [0.05, 0.1) is 6.54 Å². The van der Waals surface area contributed by atoms with E-state index in [0.29, 0.717) is 18.8 Å². The van der Waals surface area contributed by atoms with Crippen molar-refractivity contribution >= 4 is 17.7 Å². The lowest BCUT2D eigenvalue weighted by Gasteiger charge is -2.43. The highest BCUT2D eigenvalue weighted by Gasteiger charge is 2.48. The predicted octanol–water partition coefficient (Wildman–Crippen LogP) is 2.10. The maximum atomic E-state index is 13.2. The molecule has 0 radical (unpaired) electrons. The van der Waals surface area contributed by atoms with E-state index >= 15 is 0 Å². The Labute approximate surface area is 172 Å². The molecule has 1 saturated carbocycles. The molecule has 1 aliphatic carbocycles. The number of unbranched alkanes of at least 4 members (excludes halogenated alkanes) is 1. The predicted molar refractivity (Wildman–Crippen MR) is 110 cm³/mol. The highest BCUT2D eigenvalue weighted by atomic mass is 16.2. The van der Waals surface area contributed by atoms with Gasteiger partial charge >= 0.3 is 0 Å². The van der Waals surface area contributed by atoms with Crippen LogP contribution in [0.2, 0.25) is 0 Å². The topological polar surface area (TPSA) is 96.3 Å². The summed E-state index contributed by atoms with van der Waals surface area (Å²) >= 11 is 0. The van der Waals surface area contributed by atoms with Crippen molar-refractivity contribution in [3.8, 4) is 0 Å². The summed E-state index contributed by atoms with van der Waals surface area (Å²) in [4.78, 5) is 40.5. The Morgan fingerprint density at radius 2 is 1.97 bits per heavy atom. The third-order valence-corrected chi connectivity index (χ3v) is 5.97. The minimum atomic E-state index is -1.02. The molecule has 29 heavy (non-hydrogen) atoms. The molecule has 1 aromatic heterocycles. The van der Waals surface area contributed by atoms with Gasteiger partial charge < -0.3 is 15.5 Å². The van der Waals surface area contributed by atoms with Crippen molar-refractivity contribution in [3.05, 3.63) is 17.5 Å². The van der Waals surface area contributed by atoms with Crippen LogP contribution in [0.5, 0.6) is 0 Å². The number of fused-ring (bicyclic) bond motifs is 1. The fourth-order valence-corrected chi connectivity index (χ4v) is 4.21. The van der Waals surface area contributed by atoms with Crippen LogP contribution in [0.1, 0.15) is 86.7 Å². The standard InChI is InChI=1S/C21H33N5O3/c1-4-6-11-22-18(27)16-13-17-19(28)25(12-5-2)21(3,14-26(17)24-16)20(29)23-15-9-7-8-10-15/h13,15H,4-12,14H2,1-3H3,(H,22,27)(H,23,29). The van der Waals surface area contributed by atoms with E-state index in [1.807, 2.05) is 6.92 Å². The molecule has 1 aliphatic heterocycles. The smallest absolute Gasteiger partial charge is 0.273 e. The molecule has 8 nitrogen and oxygen atoms in total. The van der Waals surface area contributed by atoms with Gasteiger partial charge in [-0.25, -0.2) is 0 Å². The van der Waals surface area contributed by atoms with Crippen LogP contribution < -0.4 is 10.6 Å². The molecule has 160 valence electrons. The number of rotatable bonds is 8. The van der Waals surface area contributed by atoms with Gasteiger partial charge in [0.2, 0.25) is 5.91 Å². The molecular formula is C21H33N5O3. The molecule has 3 rings (SSSR count). The summed E-state index contributed by atoms with van der Waals surface area (Å²) in [6.07, 6.45) is 6.84. The minimum Gasteiger partial charge on any atom is -0.351 e. The molecule has 3 amide bonds. The average Bonchev–Trinajstić information content (AvgIpc) is 3.35. The van der Waals surface area contributed by atoms with Gasteiger partial charge in [-0.2, -0.15) is 5.10 Å². The quantitative estimate of drug-likeness (QED) is 0.650. The van der Waals surface area contributed by atoms with E-state index in [9.17, 15) is 14.4 Å². The second-order valence-corrected chi connectivity index (χ2v) is 8.37. The fraction of sp³-hybridized carbons (Fsp3) is 0.714. The zero-order chi connectivity index (χ0) is 21.0. The van der Waals surface area contributed by atoms with Crippen LogP contribution in [0.25, 0.3) is 0 Å². The highest BCUT2D eigenvalue weighted by Crippen LogP contribution is 2.29. The van der Waals surface area contributed by atoms with Gasteiger partial charge in [0.1, 0.15) is 11.2 Å². The monoisotopic (exact) mass is 403 g/mol. The van der Waals surface area contributed by atoms with Gasteiger partial charge in [-0.3, -0.25) is 19.1 Å². The Kier molecular flexibility index (Phi) is 6.59. The Balaban J connectivity index is 1.84. The largest absolute Gasteiger partial charge is 0.351 e. The molecule has 0 saturated heterocycles. The van der Waals surface area contributed by atoms with Crippen molar-refractivity contribution in [2.24, 2.45) is 0 Å². The summed E-state index contributed by atoms with van der Waals surface area (Å²) in [5, 5.41) is 10.3. The highest BCUT2D eigenvalue weighted by molar-refractivity contribution is 6.01. The molecule has 1 atom stereocenters. The number of carbonyl (C=O) groups is 3. The third-order valence-electron chi connectivity index (χ3n) is 5.97. The number of nitrogens with zero attached hydrogens (tertiary/aromatic N) is 3. The van der Waals surface area contributed by atoms with E-state index in [2.05, 4.69) is 22.7 Å². The van der Waals surface area contributed by atoms with Crippen LogP contribution in [-0.2, 0) is 11.3 Å². The molecular weight excluding hydrogens is 370 g/mol. The molecule has 0 spiro atoms. The van der Waals surface area contributed by atoms with Gasteiger partial charge in [-0.15, -0.1) is 0 Å². The molecule has 1 fully saturated rings. The zero-order valence-electron chi connectivity index (χ0n) is 17.8. The second-order valence-electron chi connectivity index (χ2n) is 8.37.